The van der Waals surface area contributed by atoms with Gasteiger partial charge in [0, 0.05) is 68.7 Å². The number of carbonyl (C=O) groups is 3. The van der Waals surface area contributed by atoms with Crippen LogP contribution in [0, 0.1) is 0 Å². The number of halogens is 1. The second-order valence-electron chi connectivity index (χ2n) is 11.5. The van der Waals surface area contributed by atoms with Crippen LogP contribution in [0.3, 0.4) is 0 Å². The molecule has 4 aromatic rings. The van der Waals surface area contributed by atoms with Gasteiger partial charge in [0.2, 0.25) is 23.7 Å². The topological polar surface area (TPSA) is 150 Å². The summed E-state index contributed by atoms with van der Waals surface area (Å²) in [6.45, 7) is 1.50. The molecule has 2 fully saturated rings. The molecule has 3 aliphatic heterocycles. The first kappa shape index (κ1) is 28.0. The van der Waals surface area contributed by atoms with Crippen molar-refractivity contribution >= 4 is 69.2 Å². The molecular formula is C30H31ClN10O3. The molecule has 0 bridgehead atoms. The summed E-state index contributed by atoms with van der Waals surface area (Å²) in [6, 6.07) is 7.95. The summed E-state index contributed by atoms with van der Waals surface area (Å²) in [5.74, 6) is 0.909. The third kappa shape index (κ3) is 5.17. The summed E-state index contributed by atoms with van der Waals surface area (Å²) in [4.78, 5) is 53.7. The van der Waals surface area contributed by atoms with Crippen molar-refractivity contribution in [1.82, 2.24) is 30.0 Å². The van der Waals surface area contributed by atoms with Gasteiger partial charge in [-0.3, -0.25) is 24.4 Å². The van der Waals surface area contributed by atoms with E-state index in [1.54, 1.807) is 29.0 Å². The molecule has 14 heteroatoms. The summed E-state index contributed by atoms with van der Waals surface area (Å²) in [7, 11) is 3.63. The number of hydrogen-bond donors (Lipinski definition) is 3. The molecule has 1 atom stereocenters. The van der Waals surface area contributed by atoms with Gasteiger partial charge in [0.25, 0.3) is 0 Å². The Bertz CT molecular complexity index is 1820. The summed E-state index contributed by atoms with van der Waals surface area (Å²) in [5, 5.41) is 15.1. The fourth-order valence-corrected chi connectivity index (χ4v) is 6.32. The van der Waals surface area contributed by atoms with Crippen LogP contribution in [0.15, 0.2) is 36.7 Å². The molecule has 3 aromatic heterocycles. The molecule has 1 unspecified atom stereocenters. The fraction of sp³-hybridized carbons (Fsp3) is 0.367. The molecule has 1 aromatic carbocycles. The van der Waals surface area contributed by atoms with E-state index in [2.05, 4.69) is 35.9 Å². The van der Waals surface area contributed by atoms with Crippen molar-refractivity contribution in [2.45, 2.75) is 44.1 Å². The number of nitrogens with one attached hydrogen (secondary N) is 3. The minimum Gasteiger partial charge on any atom is -0.367 e. The zero-order valence-electron chi connectivity index (χ0n) is 24.3. The summed E-state index contributed by atoms with van der Waals surface area (Å²) >= 11 is 6.45. The van der Waals surface area contributed by atoms with Gasteiger partial charge in [-0.25, -0.2) is 9.97 Å². The number of pyridine rings is 1. The lowest BCUT2D eigenvalue weighted by Gasteiger charge is -2.32. The van der Waals surface area contributed by atoms with Crippen molar-refractivity contribution in [2.75, 3.05) is 40.6 Å². The molecule has 0 spiro atoms. The predicted octanol–water partition coefficient (Wildman–Crippen LogP) is 3.28. The first-order chi connectivity index (χ1) is 21.2. The van der Waals surface area contributed by atoms with E-state index in [4.69, 9.17) is 16.6 Å². The highest BCUT2D eigenvalue weighted by Gasteiger charge is 2.32. The number of anilines is 5. The van der Waals surface area contributed by atoms with E-state index in [-0.39, 0.29) is 23.8 Å². The third-order valence-corrected chi connectivity index (χ3v) is 8.89. The van der Waals surface area contributed by atoms with Gasteiger partial charge in [-0.15, -0.1) is 0 Å². The number of amides is 3. The van der Waals surface area contributed by atoms with Gasteiger partial charge < -0.3 is 20.4 Å². The number of nitrogens with zero attached hydrogens (tertiary/aromatic N) is 7. The van der Waals surface area contributed by atoms with Gasteiger partial charge in [0.15, 0.2) is 5.82 Å². The molecule has 13 nitrogen and oxygen atoms in total. The Labute approximate surface area is 258 Å². The maximum atomic E-state index is 12.4. The average molecular weight is 615 g/mol. The van der Waals surface area contributed by atoms with E-state index in [0.717, 1.165) is 59.6 Å². The van der Waals surface area contributed by atoms with Crippen molar-refractivity contribution in [2.24, 2.45) is 7.05 Å². The molecule has 3 aliphatic rings. The maximum absolute atomic E-state index is 12.4. The Morgan fingerprint density at radius 1 is 1.02 bits per heavy atom. The summed E-state index contributed by atoms with van der Waals surface area (Å²) in [5.41, 5.74) is 4.21. The Hall–Kier alpha value is -4.78. The molecule has 0 saturated carbocycles. The van der Waals surface area contributed by atoms with Gasteiger partial charge in [-0.1, -0.05) is 11.6 Å². The van der Waals surface area contributed by atoms with Crippen molar-refractivity contribution in [1.29, 1.82) is 0 Å². The lowest BCUT2D eigenvalue weighted by atomic mass is 9.93. The normalized spacial score (nSPS) is 19.0. The Balaban J connectivity index is 0.999. The minimum absolute atomic E-state index is 0.0737. The average Bonchev–Trinajstić information content (AvgIpc) is 3.48. The van der Waals surface area contributed by atoms with Gasteiger partial charge in [0.05, 0.1) is 29.7 Å². The molecule has 7 rings (SSSR count). The number of aromatic nitrogens is 5. The maximum Gasteiger partial charge on any atom is 0.235 e. The molecule has 3 amide bonds. The van der Waals surface area contributed by atoms with Crippen molar-refractivity contribution < 1.29 is 14.4 Å². The number of rotatable bonds is 6. The van der Waals surface area contributed by atoms with Crippen LogP contribution in [0.25, 0.3) is 10.9 Å². The number of carbonyl (C=O) groups excluding carboxylic acids is 3. The smallest absolute Gasteiger partial charge is 0.235 e. The predicted molar refractivity (Wildman–Crippen MR) is 166 cm³/mol. The minimum atomic E-state index is -0.465. The molecule has 6 heterocycles. The van der Waals surface area contributed by atoms with E-state index < -0.39 is 5.92 Å². The van der Waals surface area contributed by atoms with Gasteiger partial charge in [-0.2, -0.15) is 10.1 Å². The second-order valence-corrected chi connectivity index (χ2v) is 11.9. The number of aryl methyl sites for hydroxylation is 1. The summed E-state index contributed by atoms with van der Waals surface area (Å²) < 4.78 is 1.76. The number of piperidine rings is 2. The van der Waals surface area contributed by atoms with Crippen LogP contribution in [0.1, 0.15) is 42.9 Å². The third-order valence-electron chi connectivity index (χ3n) is 8.61. The SMILES string of the molecule is CN1C(=O)Cc2cc(Nc3nc(N4CCC(Nc5cc6c(cn5)c(C5CCC(=O)NC5=O)nn6C)CC4)ncc3Cl)ccc21. The van der Waals surface area contributed by atoms with Crippen molar-refractivity contribution in [3.05, 3.63) is 52.9 Å². The van der Waals surface area contributed by atoms with Crippen LogP contribution in [-0.2, 0) is 27.9 Å². The molecular weight excluding hydrogens is 584 g/mol. The van der Waals surface area contributed by atoms with Gasteiger partial charge >= 0.3 is 0 Å². The number of imide groups is 1. The Morgan fingerprint density at radius 2 is 1.84 bits per heavy atom. The Morgan fingerprint density at radius 3 is 2.64 bits per heavy atom. The van der Waals surface area contributed by atoms with Crippen molar-refractivity contribution in [3.8, 4) is 0 Å². The zero-order valence-corrected chi connectivity index (χ0v) is 25.1. The van der Waals surface area contributed by atoms with E-state index in [1.807, 2.05) is 31.3 Å². The standard InChI is InChI=1S/C30H31ClN10O3/c1-39-22-5-3-18(11-16(22)12-26(39)43)35-28-21(31)15-33-30(37-28)41-9-7-17(8-10-41)34-24-13-23-20(14-32-24)27(38-40(23)2)19-4-6-25(42)36-29(19)44/h3,5,11,13-15,17,19H,4,6-10,12H2,1-2H3,(H,32,34)(H,33,35,37)(H,36,42,44). The lowest BCUT2D eigenvalue weighted by molar-refractivity contribution is -0.134. The van der Waals surface area contributed by atoms with Gasteiger partial charge in [-0.05, 0) is 43.0 Å². The van der Waals surface area contributed by atoms with Crippen LogP contribution < -0.4 is 25.8 Å². The molecule has 0 radical (unpaired) electrons. The van der Waals surface area contributed by atoms with Crippen LogP contribution >= 0.6 is 11.6 Å². The highest BCUT2D eigenvalue weighted by Crippen LogP contribution is 2.33. The largest absolute Gasteiger partial charge is 0.367 e. The van der Waals surface area contributed by atoms with Crippen LogP contribution in [0.4, 0.5) is 29.0 Å². The highest BCUT2D eigenvalue weighted by molar-refractivity contribution is 6.32. The molecule has 226 valence electrons. The second kappa shape index (κ2) is 11.1. The van der Waals surface area contributed by atoms with Crippen molar-refractivity contribution in [3.63, 3.8) is 0 Å². The molecule has 44 heavy (non-hydrogen) atoms. The number of fused-ring (bicyclic) bond motifs is 2. The van der Waals surface area contributed by atoms with Crippen LogP contribution in [0.2, 0.25) is 5.02 Å². The first-order valence-electron chi connectivity index (χ1n) is 14.6. The number of hydrogen-bond acceptors (Lipinski definition) is 10. The van der Waals surface area contributed by atoms with Crippen LogP contribution in [0.5, 0.6) is 0 Å². The monoisotopic (exact) mass is 614 g/mol. The van der Waals surface area contributed by atoms with E-state index >= 15 is 0 Å². The highest BCUT2D eigenvalue weighted by atomic mass is 35.5. The number of benzene rings is 1. The van der Waals surface area contributed by atoms with E-state index in [1.165, 1.54) is 0 Å². The summed E-state index contributed by atoms with van der Waals surface area (Å²) in [6.07, 6.45) is 6.19. The van der Waals surface area contributed by atoms with Gasteiger partial charge in [0.1, 0.15) is 10.8 Å². The first-order valence-corrected chi connectivity index (χ1v) is 15.0. The fourth-order valence-electron chi connectivity index (χ4n) is 6.19. The molecule has 3 N–H and O–H groups in total. The van der Waals surface area contributed by atoms with E-state index in [9.17, 15) is 14.4 Å². The quantitative estimate of drug-likeness (QED) is 0.276. The zero-order chi connectivity index (χ0) is 30.5. The lowest BCUT2D eigenvalue weighted by Crippen LogP contribution is -2.40. The molecule has 0 aliphatic carbocycles. The van der Waals surface area contributed by atoms with Crippen LogP contribution in [-0.4, -0.2) is 68.6 Å². The van der Waals surface area contributed by atoms with E-state index in [0.29, 0.717) is 41.7 Å². The molecule has 2 saturated heterocycles. The number of likely N-dealkylation sites (N-methyl/N-ethyl adjacent to an activating group) is 1. The Kier molecular flexibility index (Phi) is 7.04.